The minimum atomic E-state index is 0.653. The normalized spacial score (nSPS) is 8.90. The molecule has 0 radical (unpaired) electrons. The molecule has 0 heterocycles. The molecule has 2 nitrogen and oxygen atoms in total. The molecule has 0 aliphatic carbocycles. The van der Waals surface area contributed by atoms with Crippen LogP contribution in [0.5, 0.6) is 0 Å². The van der Waals surface area contributed by atoms with Gasteiger partial charge in [-0.25, -0.2) is 0 Å². The lowest BCUT2D eigenvalue weighted by Crippen LogP contribution is -1.73. The summed E-state index contributed by atoms with van der Waals surface area (Å²) in [5.74, 6) is 0. The van der Waals surface area contributed by atoms with E-state index in [-0.39, 0.29) is 0 Å². The van der Waals surface area contributed by atoms with Crippen molar-refractivity contribution in [1.29, 1.82) is 5.39 Å². The zero-order chi connectivity index (χ0) is 7.56. The second kappa shape index (κ2) is 2.49. The Kier molecular flexibility index (Phi) is 1.68. The third-order valence-electron chi connectivity index (χ3n) is 1.47. The lowest BCUT2D eigenvalue weighted by molar-refractivity contribution is 1.37. The van der Waals surface area contributed by atoms with Crippen molar-refractivity contribution >= 4 is 5.69 Å². The summed E-state index contributed by atoms with van der Waals surface area (Å²) in [5, 5.41) is 8.47. The molecule has 0 atom stereocenters. The van der Waals surface area contributed by atoms with Gasteiger partial charge in [-0.3, -0.25) is 0 Å². The molecule has 0 bridgehead atoms. The van der Waals surface area contributed by atoms with Crippen LogP contribution in [0.25, 0.3) is 4.98 Å². The fourth-order valence-corrected chi connectivity index (χ4v) is 0.827. The highest BCUT2D eigenvalue weighted by Gasteiger charge is 2.07. The molecule has 1 aromatic rings. The number of nitrogens with zero attached hydrogens (tertiary/aromatic N) is 2. The Bertz CT molecular complexity index is 284. The van der Waals surface area contributed by atoms with E-state index in [1.165, 1.54) is 0 Å². The van der Waals surface area contributed by atoms with Gasteiger partial charge in [-0.2, -0.15) is 0 Å². The molecule has 2 heteroatoms. The van der Waals surface area contributed by atoms with E-state index < -0.39 is 0 Å². The summed E-state index contributed by atoms with van der Waals surface area (Å²) in [7, 11) is 0. The standard InChI is InChI=1S/C8H9N2/c1-6-3-4-7(2)8(5-6)10-9/h3-5H,1-2H3/q+1. The second-order valence-electron chi connectivity index (χ2n) is 2.39. The van der Waals surface area contributed by atoms with E-state index in [1.807, 2.05) is 32.0 Å². The number of aryl methyl sites for hydroxylation is 2. The molecular formula is C8H9N2+. The van der Waals surface area contributed by atoms with Crippen LogP contribution in [-0.2, 0) is 0 Å². The van der Waals surface area contributed by atoms with E-state index in [2.05, 4.69) is 4.98 Å². The first-order chi connectivity index (χ1) is 4.74. The van der Waals surface area contributed by atoms with Crippen LogP contribution in [0.4, 0.5) is 5.69 Å². The molecule has 0 aliphatic rings. The monoisotopic (exact) mass is 133 g/mol. The van der Waals surface area contributed by atoms with Crippen LogP contribution in [0.1, 0.15) is 11.1 Å². The lowest BCUT2D eigenvalue weighted by atomic mass is 10.1. The van der Waals surface area contributed by atoms with Crippen LogP contribution in [0.2, 0.25) is 0 Å². The second-order valence-corrected chi connectivity index (χ2v) is 2.39. The van der Waals surface area contributed by atoms with Crippen molar-refractivity contribution in [1.82, 2.24) is 0 Å². The third-order valence-corrected chi connectivity index (χ3v) is 1.47. The van der Waals surface area contributed by atoms with Gasteiger partial charge in [-0.05, 0) is 19.4 Å². The van der Waals surface area contributed by atoms with Crippen LogP contribution in [0, 0.1) is 19.2 Å². The van der Waals surface area contributed by atoms with Gasteiger partial charge in [0.15, 0.2) is 4.98 Å². The molecule has 0 spiro atoms. The van der Waals surface area contributed by atoms with E-state index >= 15 is 0 Å². The van der Waals surface area contributed by atoms with Crippen LogP contribution >= 0.6 is 0 Å². The fraction of sp³-hybridized carbons (Fsp3) is 0.250. The largest absolute Gasteiger partial charge is 0.388 e. The fourth-order valence-electron chi connectivity index (χ4n) is 0.827. The average Bonchev–Trinajstić information content (AvgIpc) is 1.94. The van der Waals surface area contributed by atoms with Crippen molar-refractivity contribution in [3.63, 3.8) is 0 Å². The van der Waals surface area contributed by atoms with Crippen LogP contribution in [0.15, 0.2) is 18.2 Å². The smallest absolute Gasteiger partial charge is 0.0585 e. The molecule has 0 saturated carbocycles. The molecular weight excluding hydrogens is 124 g/mol. The van der Waals surface area contributed by atoms with Crippen molar-refractivity contribution in [3.05, 3.63) is 34.3 Å². The SMILES string of the molecule is Cc1ccc(C)c([N+]#N)c1. The van der Waals surface area contributed by atoms with Gasteiger partial charge in [0.25, 0.3) is 0 Å². The number of diazo groups is 1. The third kappa shape index (κ3) is 1.14. The summed E-state index contributed by atoms with van der Waals surface area (Å²) < 4.78 is 0. The van der Waals surface area contributed by atoms with Crippen LogP contribution in [0.3, 0.4) is 0 Å². The van der Waals surface area contributed by atoms with Crippen molar-refractivity contribution in [2.75, 3.05) is 0 Å². The molecule has 1 rings (SSSR count). The van der Waals surface area contributed by atoms with Gasteiger partial charge in [0, 0.05) is 11.6 Å². The van der Waals surface area contributed by atoms with E-state index in [0.29, 0.717) is 5.69 Å². The topological polar surface area (TPSA) is 28.1 Å². The molecule has 1 aromatic carbocycles. The minimum absolute atomic E-state index is 0.653. The number of hydrogen-bond acceptors (Lipinski definition) is 1. The maximum Gasteiger partial charge on any atom is 0.388 e. The molecule has 0 N–H and O–H groups in total. The van der Waals surface area contributed by atoms with Gasteiger partial charge in [0.1, 0.15) is 0 Å². The van der Waals surface area contributed by atoms with E-state index in [1.54, 1.807) is 0 Å². The quantitative estimate of drug-likeness (QED) is 0.500. The zero-order valence-corrected chi connectivity index (χ0v) is 6.13. The highest BCUT2D eigenvalue weighted by atomic mass is 14.8. The van der Waals surface area contributed by atoms with Gasteiger partial charge < -0.3 is 0 Å². The Hall–Kier alpha value is -1.36. The number of hydrogen-bond donors (Lipinski definition) is 0. The van der Waals surface area contributed by atoms with E-state index in [0.717, 1.165) is 11.1 Å². The Balaban J connectivity index is 3.25. The number of benzene rings is 1. The van der Waals surface area contributed by atoms with Crippen molar-refractivity contribution in [2.24, 2.45) is 0 Å². The van der Waals surface area contributed by atoms with E-state index in [4.69, 9.17) is 5.39 Å². The van der Waals surface area contributed by atoms with E-state index in [9.17, 15) is 0 Å². The summed E-state index contributed by atoms with van der Waals surface area (Å²) >= 11 is 0. The Morgan fingerprint density at radius 1 is 1.30 bits per heavy atom. The summed E-state index contributed by atoms with van der Waals surface area (Å²) in [6.45, 7) is 3.88. The summed E-state index contributed by atoms with van der Waals surface area (Å²) in [6.07, 6.45) is 0. The first-order valence-corrected chi connectivity index (χ1v) is 3.16. The highest BCUT2D eigenvalue weighted by Crippen LogP contribution is 2.18. The molecule has 0 aromatic heterocycles. The average molecular weight is 133 g/mol. The Labute approximate surface area is 60.1 Å². The van der Waals surface area contributed by atoms with Gasteiger partial charge >= 0.3 is 5.69 Å². The molecule has 0 aliphatic heterocycles. The molecule has 0 amide bonds. The molecule has 0 saturated heterocycles. The van der Waals surface area contributed by atoms with Gasteiger partial charge in [0.2, 0.25) is 5.39 Å². The maximum absolute atomic E-state index is 8.47. The van der Waals surface area contributed by atoms with Crippen LogP contribution < -0.4 is 0 Å². The van der Waals surface area contributed by atoms with Crippen molar-refractivity contribution in [3.8, 4) is 0 Å². The number of rotatable bonds is 0. The van der Waals surface area contributed by atoms with Gasteiger partial charge in [-0.1, -0.05) is 12.1 Å². The zero-order valence-electron chi connectivity index (χ0n) is 6.13. The Morgan fingerprint density at radius 2 is 2.00 bits per heavy atom. The predicted molar refractivity (Wildman–Crippen MR) is 40.7 cm³/mol. The molecule has 50 valence electrons. The first kappa shape index (κ1) is 6.76. The van der Waals surface area contributed by atoms with Crippen molar-refractivity contribution in [2.45, 2.75) is 13.8 Å². The van der Waals surface area contributed by atoms with Gasteiger partial charge in [0.05, 0.1) is 0 Å². The maximum atomic E-state index is 8.47. The minimum Gasteiger partial charge on any atom is -0.0585 e. The van der Waals surface area contributed by atoms with Crippen molar-refractivity contribution < 1.29 is 0 Å². The first-order valence-electron chi connectivity index (χ1n) is 3.16. The summed E-state index contributed by atoms with van der Waals surface area (Å²) in [6, 6.07) is 5.77. The lowest BCUT2D eigenvalue weighted by Gasteiger charge is -1.87. The van der Waals surface area contributed by atoms with Crippen LogP contribution in [-0.4, -0.2) is 0 Å². The summed E-state index contributed by atoms with van der Waals surface area (Å²) in [5.41, 5.74) is 2.76. The Morgan fingerprint density at radius 3 is 2.50 bits per heavy atom. The molecule has 0 fully saturated rings. The molecule has 10 heavy (non-hydrogen) atoms. The highest BCUT2D eigenvalue weighted by molar-refractivity contribution is 5.52. The predicted octanol–water partition coefficient (Wildman–Crippen LogP) is 2.79. The molecule has 0 unspecified atom stereocenters. The van der Waals surface area contributed by atoms with Gasteiger partial charge in [-0.15, -0.1) is 0 Å². The summed E-state index contributed by atoms with van der Waals surface area (Å²) in [4.78, 5) is 3.13.